The Morgan fingerprint density at radius 1 is 1.06 bits per heavy atom. The molecule has 0 saturated heterocycles. The highest BCUT2D eigenvalue weighted by Crippen LogP contribution is 2.26. The molecule has 88 valence electrons. The third kappa shape index (κ3) is 2.63. The van der Waals surface area contributed by atoms with Gasteiger partial charge in [0, 0.05) is 9.13 Å². The van der Waals surface area contributed by atoms with Crippen LogP contribution in [-0.4, -0.2) is 5.11 Å². The summed E-state index contributed by atoms with van der Waals surface area (Å²) < 4.78 is 27.5. The fourth-order valence-electron chi connectivity index (χ4n) is 1.59. The first-order chi connectivity index (χ1) is 8.09. The molecule has 1 N–H and O–H groups in total. The number of rotatable bonds is 2. The van der Waals surface area contributed by atoms with Crippen molar-refractivity contribution in [2.45, 2.75) is 6.10 Å². The predicted octanol–water partition coefficient (Wildman–Crippen LogP) is 3.65. The zero-order valence-electron chi connectivity index (χ0n) is 8.70. The van der Waals surface area contributed by atoms with Gasteiger partial charge in [0.15, 0.2) is 11.6 Å². The van der Waals surface area contributed by atoms with E-state index in [1.165, 1.54) is 12.1 Å². The Hall–Kier alpha value is -1.01. The smallest absolute Gasteiger partial charge is 0.164 e. The van der Waals surface area contributed by atoms with Gasteiger partial charge in [-0.05, 0) is 46.4 Å². The Morgan fingerprint density at radius 2 is 1.76 bits per heavy atom. The summed E-state index contributed by atoms with van der Waals surface area (Å²) in [6.07, 6.45) is -1.15. The fraction of sp³-hybridized carbons (Fsp3) is 0.0769. The Kier molecular flexibility index (Phi) is 3.73. The molecule has 0 aromatic heterocycles. The van der Waals surface area contributed by atoms with E-state index in [-0.39, 0.29) is 5.56 Å². The molecule has 0 saturated carbocycles. The maximum atomic E-state index is 13.5. The van der Waals surface area contributed by atoms with Crippen LogP contribution in [0.5, 0.6) is 0 Å². The topological polar surface area (TPSA) is 20.2 Å². The number of benzene rings is 2. The molecule has 4 heteroatoms. The number of hydrogen-bond acceptors (Lipinski definition) is 1. The van der Waals surface area contributed by atoms with Gasteiger partial charge in [0.2, 0.25) is 0 Å². The normalized spacial score (nSPS) is 12.5. The zero-order chi connectivity index (χ0) is 12.4. The number of aliphatic hydroxyl groups excluding tert-OH is 1. The number of halogens is 3. The highest BCUT2D eigenvalue weighted by Gasteiger charge is 2.17. The van der Waals surface area contributed by atoms with Crippen LogP contribution in [0.1, 0.15) is 17.2 Å². The Morgan fingerprint density at radius 3 is 2.47 bits per heavy atom. The first-order valence-electron chi connectivity index (χ1n) is 4.97. The average molecular weight is 346 g/mol. The van der Waals surface area contributed by atoms with Crippen LogP contribution in [-0.2, 0) is 0 Å². The van der Waals surface area contributed by atoms with Crippen molar-refractivity contribution >= 4 is 22.6 Å². The molecule has 0 spiro atoms. The van der Waals surface area contributed by atoms with Gasteiger partial charge in [-0.25, -0.2) is 8.78 Å². The molecule has 17 heavy (non-hydrogen) atoms. The van der Waals surface area contributed by atoms with Crippen molar-refractivity contribution in [2.24, 2.45) is 0 Å². The quantitative estimate of drug-likeness (QED) is 0.823. The summed E-state index contributed by atoms with van der Waals surface area (Å²) in [4.78, 5) is 0. The summed E-state index contributed by atoms with van der Waals surface area (Å²) in [6.45, 7) is 0. The van der Waals surface area contributed by atoms with E-state index in [1.807, 2.05) is 6.07 Å². The Balaban J connectivity index is 2.44. The minimum absolute atomic E-state index is 0.0491. The molecule has 1 atom stereocenters. The van der Waals surface area contributed by atoms with E-state index in [0.717, 1.165) is 9.64 Å². The van der Waals surface area contributed by atoms with Crippen LogP contribution in [0.25, 0.3) is 0 Å². The molecule has 2 rings (SSSR count). The van der Waals surface area contributed by atoms with Gasteiger partial charge in [0.25, 0.3) is 0 Å². The predicted molar refractivity (Wildman–Crippen MR) is 69.6 cm³/mol. The molecule has 0 amide bonds. The molecule has 0 fully saturated rings. The Bertz CT molecular complexity index is 543. The van der Waals surface area contributed by atoms with Crippen molar-refractivity contribution in [1.82, 2.24) is 0 Å². The summed E-state index contributed by atoms with van der Waals surface area (Å²) in [5.41, 5.74) is 0.494. The molecule has 0 aliphatic carbocycles. The molecule has 0 bridgehead atoms. The minimum Gasteiger partial charge on any atom is -0.384 e. The largest absolute Gasteiger partial charge is 0.384 e. The maximum absolute atomic E-state index is 13.5. The lowest BCUT2D eigenvalue weighted by atomic mass is 10.0. The van der Waals surface area contributed by atoms with E-state index in [0.29, 0.717) is 5.56 Å². The van der Waals surface area contributed by atoms with Crippen LogP contribution in [0.4, 0.5) is 8.78 Å². The van der Waals surface area contributed by atoms with Crippen LogP contribution >= 0.6 is 22.6 Å². The van der Waals surface area contributed by atoms with Crippen molar-refractivity contribution in [2.75, 3.05) is 0 Å². The molecule has 1 unspecified atom stereocenters. The zero-order valence-corrected chi connectivity index (χ0v) is 10.9. The van der Waals surface area contributed by atoms with Gasteiger partial charge >= 0.3 is 0 Å². The van der Waals surface area contributed by atoms with E-state index in [2.05, 4.69) is 22.6 Å². The first-order valence-corrected chi connectivity index (χ1v) is 6.05. The molecule has 0 aliphatic heterocycles. The lowest BCUT2D eigenvalue weighted by Gasteiger charge is -2.12. The van der Waals surface area contributed by atoms with Gasteiger partial charge in [-0.2, -0.15) is 0 Å². The summed E-state index contributed by atoms with van der Waals surface area (Å²) >= 11 is 2.09. The molecule has 0 aliphatic rings. The summed E-state index contributed by atoms with van der Waals surface area (Å²) in [5.74, 6) is -1.95. The van der Waals surface area contributed by atoms with Gasteiger partial charge in [-0.15, -0.1) is 0 Å². The van der Waals surface area contributed by atoms with E-state index < -0.39 is 17.7 Å². The minimum atomic E-state index is -1.15. The lowest BCUT2D eigenvalue weighted by molar-refractivity contribution is 0.213. The number of hydrogen-bond donors (Lipinski definition) is 1. The van der Waals surface area contributed by atoms with E-state index in [4.69, 9.17) is 0 Å². The molecule has 0 heterocycles. The number of aliphatic hydroxyl groups is 1. The van der Waals surface area contributed by atoms with Crippen LogP contribution in [0.15, 0.2) is 42.5 Å². The fourth-order valence-corrected chi connectivity index (χ4v) is 2.16. The molecule has 0 radical (unpaired) electrons. The molecular weight excluding hydrogens is 337 g/mol. The third-order valence-electron chi connectivity index (χ3n) is 2.44. The summed E-state index contributed by atoms with van der Waals surface area (Å²) in [5, 5.41) is 10.0. The monoisotopic (exact) mass is 346 g/mol. The molecule has 1 nitrogen and oxygen atoms in total. The second-order valence-corrected chi connectivity index (χ2v) is 4.85. The van der Waals surface area contributed by atoms with Gasteiger partial charge in [-0.1, -0.05) is 24.3 Å². The van der Waals surface area contributed by atoms with Crippen molar-refractivity contribution in [1.29, 1.82) is 0 Å². The van der Waals surface area contributed by atoms with Gasteiger partial charge in [0.1, 0.15) is 6.10 Å². The summed E-state index contributed by atoms with van der Waals surface area (Å²) in [6, 6.07) is 10.8. The molecule has 2 aromatic carbocycles. The highest BCUT2D eigenvalue weighted by molar-refractivity contribution is 14.1. The first kappa shape index (κ1) is 12.4. The van der Waals surface area contributed by atoms with Crippen molar-refractivity contribution < 1.29 is 13.9 Å². The second kappa shape index (κ2) is 5.10. The van der Waals surface area contributed by atoms with Crippen LogP contribution < -0.4 is 0 Å². The van der Waals surface area contributed by atoms with Crippen LogP contribution in [0, 0.1) is 15.2 Å². The molecular formula is C13H9F2IO. The Labute approximate surface area is 111 Å². The van der Waals surface area contributed by atoms with Crippen LogP contribution in [0.2, 0.25) is 0 Å². The average Bonchev–Trinajstić information content (AvgIpc) is 2.32. The van der Waals surface area contributed by atoms with E-state index >= 15 is 0 Å². The van der Waals surface area contributed by atoms with Gasteiger partial charge < -0.3 is 5.11 Å². The van der Waals surface area contributed by atoms with Crippen LogP contribution in [0.3, 0.4) is 0 Å². The van der Waals surface area contributed by atoms with Gasteiger partial charge in [-0.3, -0.25) is 0 Å². The standard InChI is InChI=1S/C13H9F2IO/c14-11-6-2-5-10(12(11)15)13(17)8-3-1-4-9(16)7-8/h1-7,13,17H. The highest BCUT2D eigenvalue weighted by atomic mass is 127. The van der Waals surface area contributed by atoms with Crippen molar-refractivity contribution in [3.8, 4) is 0 Å². The van der Waals surface area contributed by atoms with Gasteiger partial charge in [0.05, 0.1) is 0 Å². The van der Waals surface area contributed by atoms with Crippen molar-refractivity contribution in [3.63, 3.8) is 0 Å². The maximum Gasteiger partial charge on any atom is 0.164 e. The molecule has 2 aromatic rings. The SMILES string of the molecule is OC(c1cccc(I)c1)c1cccc(F)c1F. The van der Waals surface area contributed by atoms with Crippen molar-refractivity contribution in [3.05, 3.63) is 68.8 Å². The second-order valence-electron chi connectivity index (χ2n) is 3.60. The van der Waals surface area contributed by atoms with E-state index in [1.54, 1.807) is 18.2 Å². The lowest BCUT2D eigenvalue weighted by Crippen LogP contribution is -2.04. The summed E-state index contributed by atoms with van der Waals surface area (Å²) in [7, 11) is 0. The van der Waals surface area contributed by atoms with E-state index in [9.17, 15) is 13.9 Å². The third-order valence-corrected chi connectivity index (χ3v) is 3.11.